The second kappa shape index (κ2) is 8.39. The number of aryl methyl sites for hydroxylation is 1. The maximum atomic E-state index is 12.9. The molecule has 0 unspecified atom stereocenters. The number of amides is 2. The predicted octanol–water partition coefficient (Wildman–Crippen LogP) is 2.43. The molecule has 9 nitrogen and oxygen atoms in total. The summed E-state index contributed by atoms with van der Waals surface area (Å²) < 4.78 is 8.87. The number of carbonyl (C=O) groups is 2. The number of hydrogen-bond acceptors (Lipinski definition) is 7. The molecule has 1 aliphatic heterocycles. The topological polar surface area (TPSA) is 117 Å². The summed E-state index contributed by atoms with van der Waals surface area (Å²) in [6.07, 6.45) is -0.248. The lowest BCUT2D eigenvalue weighted by Gasteiger charge is -2.13. The second-order valence-electron chi connectivity index (χ2n) is 8.36. The Hall–Kier alpha value is -3.47. The minimum Gasteiger partial charge on any atom is -0.456 e. The SMILES string of the molecule is CNC(=O)c1c(C)n(C)c2cc(Oc3ccnc4cc(C(=O)N5C[C@@H](O)[C@@H](O)C5)sc34)ccc12. The highest BCUT2D eigenvalue weighted by molar-refractivity contribution is 7.21. The highest BCUT2D eigenvalue weighted by Crippen LogP contribution is 2.37. The number of pyridine rings is 1. The number of rotatable bonds is 4. The minimum absolute atomic E-state index is 0.0964. The van der Waals surface area contributed by atoms with E-state index in [1.807, 2.05) is 36.7 Å². The molecule has 1 fully saturated rings. The van der Waals surface area contributed by atoms with E-state index in [-0.39, 0.29) is 24.9 Å². The molecular weight excluding hydrogens is 456 g/mol. The third kappa shape index (κ3) is 3.60. The molecule has 5 rings (SSSR count). The number of carbonyl (C=O) groups excluding carboxylic acids is 2. The molecule has 176 valence electrons. The summed E-state index contributed by atoms with van der Waals surface area (Å²) in [4.78, 5) is 31.5. The van der Waals surface area contributed by atoms with Crippen LogP contribution in [0.25, 0.3) is 21.1 Å². The van der Waals surface area contributed by atoms with Gasteiger partial charge in [-0.25, -0.2) is 0 Å². The van der Waals surface area contributed by atoms with E-state index < -0.39 is 12.2 Å². The molecular formula is C24H24N4O5S. The van der Waals surface area contributed by atoms with E-state index in [0.717, 1.165) is 21.3 Å². The van der Waals surface area contributed by atoms with Gasteiger partial charge in [0.15, 0.2) is 0 Å². The van der Waals surface area contributed by atoms with Crippen molar-refractivity contribution in [2.24, 2.45) is 7.05 Å². The minimum atomic E-state index is -0.935. The van der Waals surface area contributed by atoms with Gasteiger partial charge in [-0.05, 0) is 25.1 Å². The van der Waals surface area contributed by atoms with E-state index in [1.54, 1.807) is 25.4 Å². The molecule has 3 N–H and O–H groups in total. The second-order valence-corrected chi connectivity index (χ2v) is 9.41. The monoisotopic (exact) mass is 480 g/mol. The number of fused-ring (bicyclic) bond motifs is 2. The number of hydrogen-bond donors (Lipinski definition) is 3. The van der Waals surface area contributed by atoms with Crippen LogP contribution in [-0.2, 0) is 7.05 Å². The average Bonchev–Trinajstić information content (AvgIpc) is 3.48. The molecule has 0 saturated carbocycles. The fourth-order valence-electron chi connectivity index (χ4n) is 4.34. The first-order valence-corrected chi connectivity index (χ1v) is 11.6. The Kier molecular flexibility index (Phi) is 5.51. The predicted molar refractivity (Wildman–Crippen MR) is 129 cm³/mol. The maximum Gasteiger partial charge on any atom is 0.264 e. The quantitative estimate of drug-likeness (QED) is 0.413. The zero-order valence-electron chi connectivity index (χ0n) is 18.9. The number of aliphatic hydroxyl groups is 2. The Morgan fingerprint density at radius 1 is 1.18 bits per heavy atom. The van der Waals surface area contributed by atoms with Gasteiger partial charge < -0.3 is 29.7 Å². The summed E-state index contributed by atoms with van der Waals surface area (Å²) in [6.45, 7) is 2.10. The van der Waals surface area contributed by atoms with Gasteiger partial charge in [0.1, 0.15) is 11.5 Å². The summed E-state index contributed by atoms with van der Waals surface area (Å²) in [5.41, 5.74) is 2.99. The Labute approximate surface area is 199 Å². The molecule has 1 saturated heterocycles. The molecule has 0 aliphatic carbocycles. The van der Waals surface area contributed by atoms with Crippen molar-refractivity contribution >= 4 is 44.3 Å². The lowest BCUT2D eigenvalue weighted by atomic mass is 10.1. The Bertz CT molecular complexity index is 1430. The number of aromatic nitrogens is 2. The lowest BCUT2D eigenvalue weighted by molar-refractivity contribution is 0.0572. The number of nitrogens with zero attached hydrogens (tertiary/aromatic N) is 3. The number of aliphatic hydroxyl groups excluding tert-OH is 2. The maximum absolute atomic E-state index is 12.9. The van der Waals surface area contributed by atoms with Crippen molar-refractivity contribution in [3.8, 4) is 11.5 Å². The summed E-state index contributed by atoms with van der Waals surface area (Å²) in [5.74, 6) is 0.761. The first-order valence-electron chi connectivity index (χ1n) is 10.8. The highest BCUT2D eigenvalue weighted by atomic mass is 32.1. The summed E-state index contributed by atoms with van der Waals surface area (Å²) in [7, 11) is 3.52. The van der Waals surface area contributed by atoms with Crippen molar-refractivity contribution in [1.82, 2.24) is 19.8 Å². The number of ether oxygens (including phenoxy) is 1. The van der Waals surface area contributed by atoms with Crippen molar-refractivity contribution in [1.29, 1.82) is 0 Å². The summed E-state index contributed by atoms with van der Waals surface area (Å²) in [5, 5.41) is 23.1. The average molecular weight is 481 g/mol. The molecule has 0 bridgehead atoms. The van der Waals surface area contributed by atoms with E-state index in [9.17, 15) is 19.8 Å². The van der Waals surface area contributed by atoms with Crippen molar-refractivity contribution in [3.63, 3.8) is 0 Å². The molecule has 3 aromatic heterocycles. The van der Waals surface area contributed by atoms with Crippen LogP contribution in [-0.4, -0.2) is 68.8 Å². The number of nitrogens with one attached hydrogen (secondary N) is 1. The molecule has 2 amide bonds. The molecule has 0 radical (unpaired) electrons. The van der Waals surface area contributed by atoms with Gasteiger partial charge in [0.25, 0.3) is 11.8 Å². The fraction of sp³-hybridized carbons (Fsp3) is 0.292. The first-order chi connectivity index (χ1) is 16.3. The number of thiophene rings is 1. The number of likely N-dealkylation sites (tertiary alicyclic amines) is 1. The molecule has 2 atom stereocenters. The Balaban J connectivity index is 1.48. The molecule has 4 heterocycles. The van der Waals surface area contributed by atoms with E-state index in [2.05, 4.69) is 10.3 Å². The van der Waals surface area contributed by atoms with Crippen LogP contribution in [0.4, 0.5) is 0 Å². The van der Waals surface area contributed by atoms with Crippen molar-refractivity contribution < 1.29 is 24.5 Å². The van der Waals surface area contributed by atoms with Crippen LogP contribution >= 0.6 is 11.3 Å². The van der Waals surface area contributed by atoms with Crippen molar-refractivity contribution in [2.45, 2.75) is 19.1 Å². The van der Waals surface area contributed by atoms with Crippen LogP contribution in [0.1, 0.15) is 25.7 Å². The fourth-order valence-corrected chi connectivity index (χ4v) is 5.37. The van der Waals surface area contributed by atoms with Crippen LogP contribution in [0.15, 0.2) is 36.5 Å². The summed E-state index contributed by atoms with van der Waals surface area (Å²) in [6, 6.07) is 9.01. The molecule has 10 heteroatoms. The van der Waals surface area contributed by atoms with E-state index >= 15 is 0 Å². The van der Waals surface area contributed by atoms with Crippen LogP contribution in [0, 0.1) is 6.92 Å². The van der Waals surface area contributed by atoms with Gasteiger partial charge in [-0.2, -0.15) is 0 Å². The van der Waals surface area contributed by atoms with Gasteiger partial charge in [-0.3, -0.25) is 14.6 Å². The van der Waals surface area contributed by atoms with Crippen LogP contribution < -0.4 is 10.1 Å². The highest BCUT2D eigenvalue weighted by Gasteiger charge is 2.33. The van der Waals surface area contributed by atoms with Crippen molar-refractivity contribution in [3.05, 3.63) is 52.7 Å². The lowest BCUT2D eigenvalue weighted by Crippen LogP contribution is -2.29. The normalized spacial score (nSPS) is 18.1. The third-order valence-electron chi connectivity index (χ3n) is 6.28. The van der Waals surface area contributed by atoms with Gasteiger partial charge in [0, 0.05) is 56.6 Å². The Morgan fingerprint density at radius 2 is 1.91 bits per heavy atom. The largest absolute Gasteiger partial charge is 0.456 e. The zero-order chi connectivity index (χ0) is 24.1. The van der Waals surface area contributed by atoms with E-state index in [1.165, 1.54) is 16.2 Å². The molecule has 34 heavy (non-hydrogen) atoms. The number of benzene rings is 1. The van der Waals surface area contributed by atoms with E-state index in [4.69, 9.17) is 4.74 Å². The smallest absolute Gasteiger partial charge is 0.264 e. The first kappa shape index (κ1) is 22.3. The van der Waals surface area contributed by atoms with Crippen LogP contribution in [0.2, 0.25) is 0 Å². The van der Waals surface area contributed by atoms with E-state index in [0.29, 0.717) is 27.5 Å². The molecule has 1 aliphatic rings. The van der Waals surface area contributed by atoms with Gasteiger partial charge >= 0.3 is 0 Å². The van der Waals surface area contributed by atoms with Gasteiger partial charge in [0.2, 0.25) is 0 Å². The van der Waals surface area contributed by atoms with Gasteiger partial charge in [0.05, 0.1) is 38.4 Å². The molecule has 4 aromatic rings. The van der Waals surface area contributed by atoms with Crippen LogP contribution in [0.5, 0.6) is 11.5 Å². The standard InChI is InChI=1S/C24H24N4O5S/c1-12-21(23(31)25-2)14-5-4-13(8-16(14)27(12)3)33-19-6-7-26-15-9-20(34-22(15)19)24(32)28-10-17(29)18(30)11-28/h4-9,17-18,29-30H,10-11H2,1-3H3,(H,25,31)/t17-,18+. The number of β-amino-alcohol motifs (C(OH)–C–C–N with tert-alkyl or cyclic N) is 2. The van der Waals surface area contributed by atoms with Gasteiger partial charge in [-0.15, -0.1) is 11.3 Å². The zero-order valence-corrected chi connectivity index (χ0v) is 19.7. The van der Waals surface area contributed by atoms with Crippen molar-refractivity contribution in [2.75, 3.05) is 20.1 Å². The summed E-state index contributed by atoms with van der Waals surface area (Å²) >= 11 is 1.26. The molecule has 1 aromatic carbocycles. The third-order valence-corrected chi connectivity index (χ3v) is 7.41. The Morgan fingerprint density at radius 3 is 2.62 bits per heavy atom. The van der Waals surface area contributed by atoms with Crippen LogP contribution in [0.3, 0.4) is 0 Å². The molecule has 0 spiro atoms. The van der Waals surface area contributed by atoms with Gasteiger partial charge in [-0.1, -0.05) is 0 Å².